The first-order chi connectivity index (χ1) is 14.6. The third-order valence-electron chi connectivity index (χ3n) is 6.20. The fraction of sp³-hybridized carbons (Fsp3) is 0.333. The van der Waals surface area contributed by atoms with Crippen LogP contribution in [0, 0.1) is 13.8 Å². The van der Waals surface area contributed by atoms with Gasteiger partial charge in [0.25, 0.3) is 0 Å². The van der Waals surface area contributed by atoms with Crippen molar-refractivity contribution < 1.29 is 0 Å². The molecule has 0 bridgehead atoms. The fourth-order valence-electron chi connectivity index (χ4n) is 4.76. The number of rotatable bonds is 4. The molecular weight excluding hydrogens is 412 g/mol. The molecule has 3 atom stereocenters. The van der Waals surface area contributed by atoms with Crippen LogP contribution in [0.3, 0.4) is 0 Å². The molecule has 2 aliphatic rings. The predicted octanol–water partition coefficient (Wildman–Crippen LogP) is 6.12. The Labute approximate surface area is 187 Å². The Bertz CT molecular complexity index is 1090. The van der Waals surface area contributed by atoms with Crippen LogP contribution >= 0.6 is 23.4 Å². The van der Waals surface area contributed by atoms with E-state index in [1.165, 1.54) is 22.1 Å². The number of aryl methyl sites for hydroxylation is 1. The van der Waals surface area contributed by atoms with Crippen molar-refractivity contribution in [3.05, 3.63) is 82.4 Å². The summed E-state index contributed by atoms with van der Waals surface area (Å²) >= 11 is 8.01. The molecule has 1 aromatic carbocycles. The van der Waals surface area contributed by atoms with Gasteiger partial charge in [-0.25, -0.2) is 0 Å². The second-order valence-corrected chi connectivity index (χ2v) is 9.40. The summed E-state index contributed by atoms with van der Waals surface area (Å²) in [6.07, 6.45) is 2.99. The number of hydrogen-bond acceptors (Lipinski definition) is 4. The number of aromatic nitrogens is 2. The van der Waals surface area contributed by atoms with E-state index in [-0.39, 0.29) is 12.1 Å². The van der Waals surface area contributed by atoms with E-state index in [1.54, 1.807) is 0 Å². The van der Waals surface area contributed by atoms with Crippen LogP contribution in [0.4, 0.5) is 0 Å². The summed E-state index contributed by atoms with van der Waals surface area (Å²) in [7, 11) is 0. The summed E-state index contributed by atoms with van der Waals surface area (Å²) in [5.74, 6) is 1.11. The second-order valence-electron chi connectivity index (χ2n) is 7.97. The Kier molecular flexibility index (Phi) is 5.11. The van der Waals surface area contributed by atoms with E-state index >= 15 is 0 Å². The summed E-state index contributed by atoms with van der Waals surface area (Å²) in [6, 6.07) is 17.2. The van der Waals surface area contributed by atoms with Crippen molar-refractivity contribution in [2.75, 3.05) is 5.75 Å². The predicted molar refractivity (Wildman–Crippen MR) is 126 cm³/mol. The molecule has 1 saturated heterocycles. The summed E-state index contributed by atoms with van der Waals surface area (Å²) < 4.78 is 2.32. The van der Waals surface area contributed by atoms with Gasteiger partial charge in [0.2, 0.25) is 0 Å². The number of nitrogens with zero attached hydrogens (tertiary/aromatic N) is 4. The molecule has 1 fully saturated rings. The highest BCUT2D eigenvalue weighted by Gasteiger charge is 2.46. The topological polar surface area (TPSA) is 33.4 Å². The average Bonchev–Trinajstić information content (AvgIpc) is 3.41. The lowest BCUT2D eigenvalue weighted by Crippen LogP contribution is -2.35. The van der Waals surface area contributed by atoms with Crippen LogP contribution in [0.2, 0.25) is 5.02 Å². The van der Waals surface area contributed by atoms with E-state index in [2.05, 4.69) is 65.6 Å². The fourth-order valence-corrected chi connectivity index (χ4v) is 6.22. The first-order valence-electron chi connectivity index (χ1n) is 10.4. The maximum atomic E-state index is 6.13. The zero-order valence-corrected chi connectivity index (χ0v) is 19.0. The lowest BCUT2D eigenvalue weighted by Gasteiger charge is -2.32. The van der Waals surface area contributed by atoms with Gasteiger partial charge in [-0.05, 0) is 68.3 Å². The van der Waals surface area contributed by atoms with Crippen molar-refractivity contribution in [1.29, 1.82) is 0 Å². The summed E-state index contributed by atoms with van der Waals surface area (Å²) in [5, 5.41) is 1.92. The highest BCUT2D eigenvalue weighted by molar-refractivity contribution is 8.14. The SMILES string of the molecule is CC[C@@H]1CSC2=N[C@@H](c3ccccn3)[C@@H](c3cc(C)n(-c4ccc(Cl)cc4)c3C)N21. The third kappa shape index (κ3) is 3.15. The van der Waals surface area contributed by atoms with Crippen molar-refractivity contribution in [2.24, 2.45) is 4.99 Å². The van der Waals surface area contributed by atoms with Gasteiger partial charge in [0.15, 0.2) is 5.17 Å². The van der Waals surface area contributed by atoms with Gasteiger partial charge in [-0.2, -0.15) is 0 Å². The lowest BCUT2D eigenvalue weighted by molar-refractivity contribution is 0.254. The highest BCUT2D eigenvalue weighted by atomic mass is 35.5. The molecule has 4 heterocycles. The molecule has 30 heavy (non-hydrogen) atoms. The van der Waals surface area contributed by atoms with Gasteiger partial charge in [-0.3, -0.25) is 9.98 Å². The molecule has 3 aromatic rings. The van der Waals surface area contributed by atoms with Gasteiger partial charge in [-0.1, -0.05) is 36.4 Å². The molecule has 6 heteroatoms. The number of hydrogen-bond donors (Lipinski definition) is 0. The molecule has 0 amide bonds. The Morgan fingerprint density at radius 2 is 1.93 bits per heavy atom. The molecule has 2 aliphatic heterocycles. The molecule has 0 radical (unpaired) electrons. The number of aliphatic imine (C=N–C) groups is 1. The summed E-state index contributed by atoms with van der Waals surface area (Å²) in [5.41, 5.74) is 5.98. The zero-order chi connectivity index (χ0) is 20.8. The van der Waals surface area contributed by atoms with Crippen LogP contribution in [-0.4, -0.2) is 31.4 Å². The molecule has 0 saturated carbocycles. The number of amidine groups is 1. The van der Waals surface area contributed by atoms with Crippen molar-refractivity contribution >= 4 is 28.5 Å². The maximum absolute atomic E-state index is 6.13. The maximum Gasteiger partial charge on any atom is 0.160 e. The Morgan fingerprint density at radius 3 is 2.63 bits per heavy atom. The Morgan fingerprint density at radius 1 is 1.13 bits per heavy atom. The van der Waals surface area contributed by atoms with Gasteiger partial charge in [-0.15, -0.1) is 0 Å². The number of benzene rings is 1. The van der Waals surface area contributed by atoms with E-state index in [0.29, 0.717) is 6.04 Å². The molecule has 2 aromatic heterocycles. The smallest absolute Gasteiger partial charge is 0.160 e. The lowest BCUT2D eigenvalue weighted by atomic mass is 9.95. The van der Waals surface area contributed by atoms with Crippen molar-refractivity contribution in [3.63, 3.8) is 0 Å². The third-order valence-corrected chi connectivity index (χ3v) is 7.58. The van der Waals surface area contributed by atoms with Crippen LogP contribution in [0.5, 0.6) is 0 Å². The summed E-state index contributed by atoms with van der Waals surface area (Å²) in [6.45, 7) is 6.67. The van der Waals surface area contributed by atoms with Crippen LogP contribution in [-0.2, 0) is 0 Å². The second kappa shape index (κ2) is 7.78. The van der Waals surface area contributed by atoms with Crippen LogP contribution in [0.1, 0.15) is 48.1 Å². The molecule has 5 rings (SSSR count). The van der Waals surface area contributed by atoms with E-state index in [1.807, 2.05) is 36.2 Å². The molecule has 0 unspecified atom stereocenters. The van der Waals surface area contributed by atoms with E-state index < -0.39 is 0 Å². The molecular formula is C24H25ClN4S. The van der Waals surface area contributed by atoms with E-state index in [4.69, 9.17) is 16.6 Å². The number of fused-ring (bicyclic) bond motifs is 1. The van der Waals surface area contributed by atoms with Gasteiger partial charge >= 0.3 is 0 Å². The Balaban J connectivity index is 1.63. The Hall–Kier alpha value is -2.24. The van der Waals surface area contributed by atoms with Gasteiger partial charge in [0.1, 0.15) is 6.04 Å². The first kappa shape index (κ1) is 19.7. The van der Waals surface area contributed by atoms with Gasteiger partial charge in [0, 0.05) is 40.1 Å². The molecule has 0 spiro atoms. The molecule has 0 aliphatic carbocycles. The zero-order valence-electron chi connectivity index (χ0n) is 17.4. The number of pyridine rings is 1. The largest absolute Gasteiger partial charge is 0.338 e. The number of thioether (sulfide) groups is 1. The van der Waals surface area contributed by atoms with Crippen molar-refractivity contribution in [3.8, 4) is 5.69 Å². The van der Waals surface area contributed by atoms with Crippen LogP contribution in [0.25, 0.3) is 5.69 Å². The average molecular weight is 437 g/mol. The summed E-state index contributed by atoms with van der Waals surface area (Å²) in [4.78, 5) is 12.4. The normalized spacial score (nSPS) is 23.0. The standard InChI is InChI=1S/C24H25ClN4S/c1-4-18-14-30-24-27-22(21-7-5-6-12-26-21)23(29(18)24)20-13-15(2)28(16(20)3)19-10-8-17(25)9-11-19/h5-13,18,22-23H,4,14H2,1-3H3/t18-,22+,23-/m1/s1. The van der Waals surface area contributed by atoms with Crippen LogP contribution in [0.15, 0.2) is 59.7 Å². The van der Waals surface area contributed by atoms with Gasteiger partial charge in [0.05, 0.1) is 11.7 Å². The highest BCUT2D eigenvalue weighted by Crippen LogP contribution is 2.49. The van der Waals surface area contributed by atoms with Crippen LogP contribution < -0.4 is 0 Å². The monoisotopic (exact) mass is 436 g/mol. The number of halogens is 1. The minimum Gasteiger partial charge on any atom is -0.338 e. The van der Waals surface area contributed by atoms with Crippen molar-refractivity contribution in [2.45, 2.75) is 45.3 Å². The van der Waals surface area contributed by atoms with E-state index in [0.717, 1.165) is 28.6 Å². The van der Waals surface area contributed by atoms with Crippen molar-refractivity contribution in [1.82, 2.24) is 14.5 Å². The molecule has 4 nitrogen and oxygen atoms in total. The van der Waals surface area contributed by atoms with E-state index in [9.17, 15) is 0 Å². The quantitative estimate of drug-likeness (QED) is 0.493. The van der Waals surface area contributed by atoms with Gasteiger partial charge < -0.3 is 9.47 Å². The minimum absolute atomic E-state index is 0.0159. The first-order valence-corrected chi connectivity index (χ1v) is 11.8. The molecule has 154 valence electrons. The molecule has 0 N–H and O–H groups in total. The minimum atomic E-state index is 0.0159.